The highest BCUT2D eigenvalue weighted by atomic mass is 79.9. The van der Waals surface area contributed by atoms with Gasteiger partial charge in [0.2, 0.25) is 11.8 Å². The molecule has 2 aliphatic heterocycles. The fourth-order valence-electron chi connectivity index (χ4n) is 6.04. The van der Waals surface area contributed by atoms with Crippen LogP contribution in [0.5, 0.6) is 0 Å². The standard InChI is InChI=1S/C25H37BrN4O2/c1-16(2)17-4-7-19(8-5-17)29-12-10-20(11-13-29)30-23-9-6-18(26)14-21(23)22(25(30)32)15-24(31)28-27-3/h6,9,14,16-17,19-20,22,27H,4-5,7-8,10-13,15H2,1-3H3,(H,28,31)/t17-,19+,22?. The molecule has 0 radical (unpaired) electrons. The van der Waals surface area contributed by atoms with Crippen molar-refractivity contribution in [3.63, 3.8) is 0 Å². The van der Waals surface area contributed by atoms with Gasteiger partial charge in [-0.3, -0.25) is 15.0 Å². The Bertz CT molecular complexity index is 829. The van der Waals surface area contributed by atoms with Crippen molar-refractivity contribution in [3.8, 4) is 0 Å². The molecule has 1 aromatic rings. The molecule has 2 N–H and O–H groups in total. The van der Waals surface area contributed by atoms with Crippen molar-refractivity contribution < 1.29 is 9.59 Å². The Balaban J connectivity index is 1.42. The molecule has 4 rings (SSSR count). The lowest BCUT2D eigenvalue weighted by Gasteiger charge is -2.43. The number of halogens is 1. The van der Waals surface area contributed by atoms with E-state index < -0.39 is 5.92 Å². The van der Waals surface area contributed by atoms with Gasteiger partial charge in [-0.1, -0.05) is 29.8 Å². The third kappa shape index (κ3) is 4.90. The minimum Gasteiger partial charge on any atom is -0.308 e. The van der Waals surface area contributed by atoms with Crippen molar-refractivity contribution in [3.05, 3.63) is 28.2 Å². The zero-order valence-electron chi connectivity index (χ0n) is 19.6. The molecule has 1 atom stereocenters. The minimum atomic E-state index is -0.416. The van der Waals surface area contributed by atoms with Crippen molar-refractivity contribution >= 4 is 33.4 Å². The predicted molar refractivity (Wildman–Crippen MR) is 131 cm³/mol. The molecule has 3 aliphatic rings. The van der Waals surface area contributed by atoms with Gasteiger partial charge >= 0.3 is 0 Å². The van der Waals surface area contributed by atoms with Crippen LogP contribution >= 0.6 is 15.9 Å². The Morgan fingerprint density at radius 2 is 1.78 bits per heavy atom. The van der Waals surface area contributed by atoms with E-state index in [4.69, 9.17) is 0 Å². The van der Waals surface area contributed by atoms with E-state index in [1.54, 1.807) is 7.05 Å². The van der Waals surface area contributed by atoms with E-state index in [1.165, 1.54) is 25.7 Å². The van der Waals surface area contributed by atoms with Crippen LogP contribution in [0.25, 0.3) is 0 Å². The van der Waals surface area contributed by atoms with Crippen LogP contribution in [0.4, 0.5) is 5.69 Å². The first-order valence-electron chi connectivity index (χ1n) is 12.2. The average Bonchev–Trinajstić information content (AvgIpc) is 3.05. The number of carbonyl (C=O) groups excluding carboxylic acids is 2. The summed E-state index contributed by atoms with van der Waals surface area (Å²) in [5, 5.41) is 0. The van der Waals surface area contributed by atoms with E-state index >= 15 is 0 Å². The summed E-state index contributed by atoms with van der Waals surface area (Å²) in [5.74, 6) is 1.18. The molecule has 2 amide bonds. The number of benzene rings is 1. The van der Waals surface area contributed by atoms with Gasteiger partial charge in [-0.2, -0.15) is 0 Å². The van der Waals surface area contributed by atoms with Gasteiger partial charge in [-0.05, 0) is 74.1 Å². The summed E-state index contributed by atoms with van der Waals surface area (Å²) >= 11 is 3.54. The second kappa shape index (κ2) is 10.2. The molecule has 0 aromatic heterocycles. The van der Waals surface area contributed by atoms with Crippen LogP contribution in [0.1, 0.15) is 70.3 Å². The molecule has 7 heteroatoms. The summed E-state index contributed by atoms with van der Waals surface area (Å²) in [4.78, 5) is 30.4. The Morgan fingerprint density at radius 3 is 2.41 bits per heavy atom. The molecule has 1 saturated heterocycles. The SMILES string of the molecule is CNNC(=O)CC1C(=O)N(C2CCN([C@H]3CC[C@@H](C(C)C)CC3)CC2)c2ccc(Br)cc21. The molecule has 0 spiro atoms. The van der Waals surface area contributed by atoms with Crippen LogP contribution in [0.3, 0.4) is 0 Å². The van der Waals surface area contributed by atoms with Crippen LogP contribution in [0.2, 0.25) is 0 Å². The van der Waals surface area contributed by atoms with Crippen molar-refractivity contribution in [1.29, 1.82) is 0 Å². The average molecular weight is 506 g/mol. The number of nitrogens with zero attached hydrogens (tertiary/aromatic N) is 2. The molecule has 32 heavy (non-hydrogen) atoms. The zero-order valence-corrected chi connectivity index (χ0v) is 21.2. The lowest BCUT2D eigenvalue weighted by molar-refractivity contribution is -0.126. The Labute approximate surface area is 200 Å². The number of fused-ring (bicyclic) bond motifs is 1. The number of carbonyl (C=O) groups is 2. The van der Waals surface area contributed by atoms with E-state index in [0.29, 0.717) is 6.04 Å². The summed E-state index contributed by atoms with van der Waals surface area (Å²) < 4.78 is 0.941. The first kappa shape index (κ1) is 23.7. The van der Waals surface area contributed by atoms with Crippen molar-refractivity contribution in [2.24, 2.45) is 11.8 Å². The van der Waals surface area contributed by atoms with E-state index in [2.05, 4.69) is 45.5 Å². The summed E-state index contributed by atoms with van der Waals surface area (Å²) in [6.45, 7) is 6.83. The van der Waals surface area contributed by atoms with Gasteiger partial charge in [0.05, 0.1) is 5.92 Å². The second-order valence-corrected chi connectivity index (χ2v) is 11.0. The Hall–Kier alpha value is -1.44. The zero-order chi connectivity index (χ0) is 22.8. The predicted octanol–water partition coefficient (Wildman–Crippen LogP) is 4.20. The summed E-state index contributed by atoms with van der Waals surface area (Å²) in [6, 6.07) is 6.96. The van der Waals surface area contributed by atoms with E-state index in [-0.39, 0.29) is 24.3 Å². The van der Waals surface area contributed by atoms with Gasteiger partial charge in [0.25, 0.3) is 0 Å². The molecule has 1 aromatic carbocycles. The largest absolute Gasteiger partial charge is 0.308 e. The number of amides is 2. The summed E-state index contributed by atoms with van der Waals surface area (Å²) in [5.41, 5.74) is 7.22. The molecule has 0 bridgehead atoms. The molecule has 176 valence electrons. The van der Waals surface area contributed by atoms with Crippen molar-refractivity contribution in [2.75, 3.05) is 25.0 Å². The molecule has 2 fully saturated rings. The number of hydrogen-bond donors (Lipinski definition) is 2. The maximum atomic E-state index is 13.5. The number of hydrazine groups is 1. The minimum absolute atomic E-state index is 0.0697. The number of likely N-dealkylation sites (tertiary alicyclic amines) is 1. The van der Waals surface area contributed by atoms with Crippen LogP contribution in [0.15, 0.2) is 22.7 Å². The third-order valence-electron chi connectivity index (χ3n) is 7.88. The summed E-state index contributed by atoms with van der Waals surface area (Å²) in [7, 11) is 1.66. The normalized spacial score (nSPS) is 27.1. The monoisotopic (exact) mass is 504 g/mol. The van der Waals surface area contributed by atoms with E-state index in [1.807, 2.05) is 23.1 Å². The van der Waals surface area contributed by atoms with Gasteiger partial charge in [-0.25, -0.2) is 5.43 Å². The molecule has 1 saturated carbocycles. The Kier molecular flexibility index (Phi) is 7.58. The molecular formula is C25H37BrN4O2. The van der Waals surface area contributed by atoms with E-state index in [0.717, 1.165) is 53.5 Å². The number of anilines is 1. The van der Waals surface area contributed by atoms with Crippen molar-refractivity contribution in [2.45, 2.75) is 76.8 Å². The lowest BCUT2D eigenvalue weighted by atomic mass is 9.79. The Morgan fingerprint density at radius 1 is 1.09 bits per heavy atom. The molecule has 2 heterocycles. The number of hydrogen-bond acceptors (Lipinski definition) is 4. The fraction of sp³-hybridized carbons (Fsp3) is 0.680. The molecule has 1 aliphatic carbocycles. The first-order valence-corrected chi connectivity index (χ1v) is 13.0. The third-order valence-corrected chi connectivity index (χ3v) is 8.37. The number of piperidine rings is 1. The van der Waals surface area contributed by atoms with E-state index in [9.17, 15) is 9.59 Å². The lowest BCUT2D eigenvalue weighted by Crippen LogP contribution is -2.50. The number of rotatable bonds is 6. The van der Waals surface area contributed by atoms with Gasteiger partial charge in [0.15, 0.2) is 0 Å². The smallest absolute Gasteiger partial charge is 0.235 e. The first-order chi connectivity index (χ1) is 15.4. The maximum Gasteiger partial charge on any atom is 0.235 e. The van der Waals surface area contributed by atoms with Gasteiger partial charge in [-0.15, -0.1) is 0 Å². The summed E-state index contributed by atoms with van der Waals surface area (Å²) in [6.07, 6.45) is 7.50. The highest BCUT2D eigenvalue weighted by Gasteiger charge is 2.43. The van der Waals surface area contributed by atoms with Gasteiger partial charge < -0.3 is 9.80 Å². The number of nitrogens with one attached hydrogen (secondary N) is 2. The highest BCUT2D eigenvalue weighted by molar-refractivity contribution is 9.10. The van der Waals surface area contributed by atoms with Crippen LogP contribution < -0.4 is 15.8 Å². The second-order valence-electron chi connectivity index (χ2n) is 10.0. The topological polar surface area (TPSA) is 64.7 Å². The quantitative estimate of drug-likeness (QED) is 0.569. The van der Waals surface area contributed by atoms with Crippen LogP contribution in [-0.2, 0) is 9.59 Å². The molecule has 1 unspecified atom stereocenters. The fourth-order valence-corrected chi connectivity index (χ4v) is 6.41. The molecule has 6 nitrogen and oxygen atoms in total. The van der Waals surface area contributed by atoms with Crippen LogP contribution in [0, 0.1) is 11.8 Å². The van der Waals surface area contributed by atoms with Crippen LogP contribution in [-0.4, -0.2) is 48.9 Å². The van der Waals surface area contributed by atoms with Gasteiger partial charge in [0.1, 0.15) is 0 Å². The highest BCUT2D eigenvalue weighted by Crippen LogP contribution is 2.43. The van der Waals surface area contributed by atoms with Crippen molar-refractivity contribution in [1.82, 2.24) is 15.8 Å². The maximum absolute atomic E-state index is 13.5. The molecular weight excluding hydrogens is 468 g/mol. The van der Waals surface area contributed by atoms with Gasteiger partial charge in [0, 0.05) is 48.8 Å².